The maximum Gasteiger partial charge on any atom is 0.120 e. The van der Waals surface area contributed by atoms with Crippen LogP contribution in [0.4, 0.5) is 0 Å². The average molecular weight is 271 g/mol. The monoisotopic (exact) mass is 270 g/mol. The molecule has 1 N–H and O–H groups in total. The van der Waals surface area contributed by atoms with Crippen molar-refractivity contribution in [1.29, 1.82) is 0 Å². The van der Waals surface area contributed by atoms with Crippen LogP contribution in [-0.2, 0) is 0 Å². The van der Waals surface area contributed by atoms with Crippen LogP contribution in [-0.4, -0.2) is 13.1 Å². The van der Waals surface area contributed by atoms with E-state index >= 15 is 0 Å². The molecule has 1 aliphatic heterocycles. The first kappa shape index (κ1) is 11.5. The third-order valence-electron chi connectivity index (χ3n) is 3.92. The molecule has 1 heterocycles. The lowest BCUT2D eigenvalue weighted by Gasteiger charge is -2.12. The topological polar surface area (TPSA) is 41.5 Å². The quantitative estimate of drug-likeness (QED) is 0.857. The van der Waals surface area contributed by atoms with E-state index < -0.39 is 0 Å². The molecular weight excluding hydrogens is 259 g/mol. The summed E-state index contributed by atoms with van der Waals surface area (Å²) in [5.41, 5.74) is 0.883. The molecule has 1 aromatic rings. The van der Waals surface area contributed by atoms with Crippen LogP contribution in [0.5, 0.6) is 0 Å². The first-order valence-electron chi connectivity index (χ1n) is 5.70. The van der Waals surface area contributed by atoms with Crippen molar-refractivity contribution in [3.63, 3.8) is 0 Å². The summed E-state index contributed by atoms with van der Waals surface area (Å²) in [5.74, 6) is 1.59. The third-order valence-corrected chi connectivity index (χ3v) is 4.66. The molecule has 1 saturated carbocycles. The predicted molar refractivity (Wildman–Crippen MR) is 68.3 cm³/mol. The normalized spacial score (nSPS) is 32.0. The van der Waals surface area contributed by atoms with Gasteiger partial charge in [0.05, 0.1) is 10.0 Å². The minimum Gasteiger partial charge on any atom is -0.316 e. The molecule has 90 valence electrons. The highest BCUT2D eigenvalue weighted by molar-refractivity contribution is 6.42. The lowest BCUT2D eigenvalue weighted by Crippen LogP contribution is -2.17. The van der Waals surface area contributed by atoms with Gasteiger partial charge in [-0.15, -0.1) is 0 Å². The minimum atomic E-state index is -0.276. The molecule has 0 aromatic heterocycles. The highest BCUT2D eigenvalue weighted by Gasteiger charge is 2.57. The number of hydrogen-bond donors (Lipinski definition) is 1. The standard InChI is InChI=1S/C12H12Cl2N2O/c13-9-2-1-6(3-10(9)14)12(16-17)11-7-4-15-5-8(7)11/h1-3,7-8,11-12,15H,4-5H2. The largest absolute Gasteiger partial charge is 0.316 e. The molecule has 0 radical (unpaired) electrons. The van der Waals surface area contributed by atoms with E-state index in [-0.39, 0.29) is 6.04 Å². The van der Waals surface area contributed by atoms with Crippen molar-refractivity contribution in [3.8, 4) is 0 Å². The highest BCUT2D eigenvalue weighted by Crippen LogP contribution is 2.56. The van der Waals surface area contributed by atoms with Crippen LogP contribution in [0.15, 0.2) is 23.4 Å². The summed E-state index contributed by atoms with van der Waals surface area (Å²) in [7, 11) is 0. The molecule has 3 nitrogen and oxygen atoms in total. The molecule has 1 aliphatic carbocycles. The molecule has 2 aliphatic rings. The SMILES string of the molecule is O=NC(c1ccc(Cl)c(Cl)c1)C1C2CNCC21. The molecule has 5 heteroatoms. The molecule has 1 saturated heterocycles. The molecule has 17 heavy (non-hydrogen) atoms. The zero-order chi connectivity index (χ0) is 12.0. The van der Waals surface area contributed by atoms with E-state index in [2.05, 4.69) is 10.5 Å². The second kappa shape index (κ2) is 4.23. The van der Waals surface area contributed by atoms with Crippen molar-refractivity contribution in [2.45, 2.75) is 6.04 Å². The zero-order valence-electron chi connectivity index (χ0n) is 9.07. The van der Waals surface area contributed by atoms with Crippen molar-refractivity contribution < 1.29 is 0 Å². The van der Waals surface area contributed by atoms with Crippen LogP contribution in [0.1, 0.15) is 11.6 Å². The number of halogens is 2. The molecule has 3 unspecified atom stereocenters. The van der Waals surface area contributed by atoms with Crippen LogP contribution < -0.4 is 5.32 Å². The van der Waals surface area contributed by atoms with Gasteiger partial charge in [-0.2, -0.15) is 4.91 Å². The van der Waals surface area contributed by atoms with Gasteiger partial charge in [0, 0.05) is 0 Å². The minimum absolute atomic E-state index is 0.276. The number of hydrogen-bond acceptors (Lipinski definition) is 3. The Hall–Kier alpha value is -0.640. The van der Waals surface area contributed by atoms with Crippen LogP contribution in [0.25, 0.3) is 0 Å². The van der Waals surface area contributed by atoms with E-state index in [1.165, 1.54) is 0 Å². The number of nitrogens with zero attached hydrogens (tertiary/aromatic N) is 1. The Balaban J connectivity index is 1.85. The molecular formula is C12H12Cl2N2O. The van der Waals surface area contributed by atoms with Crippen LogP contribution in [0.3, 0.4) is 0 Å². The Morgan fingerprint density at radius 2 is 1.94 bits per heavy atom. The Morgan fingerprint density at radius 1 is 1.24 bits per heavy atom. The van der Waals surface area contributed by atoms with Crippen molar-refractivity contribution in [1.82, 2.24) is 5.32 Å². The zero-order valence-corrected chi connectivity index (χ0v) is 10.6. The Bertz CT molecular complexity index is 456. The maximum absolute atomic E-state index is 11.1. The van der Waals surface area contributed by atoms with E-state index in [1.807, 2.05) is 6.07 Å². The van der Waals surface area contributed by atoms with Gasteiger partial charge in [0.2, 0.25) is 0 Å². The molecule has 0 amide bonds. The van der Waals surface area contributed by atoms with Gasteiger partial charge in [0.25, 0.3) is 0 Å². The molecule has 0 bridgehead atoms. The van der Waals surface area contributed by atoms with Gasteiger partial charge < -0.3 is 5.32 Å². The Morgan fingerprint density at radius 3 is 2.53 bits per heavy atom. The van der Waals surface area contributed by atoms with E-state index in [9.17, 15) is 4.91 Å². The number of rotatable bonds is 3. The molecule has 3 atom stereocenters. The van der Waals surface area contributed by atoms with Crippen LogP contribution >= 0.6 is 23.2 Å². The Kier molecular flexibility index (Phi) is 2.85. The summed E-state index contributed by atoms with van der Waals surface area (Å²) in [6.07, 6.45) is 0. The first-order valence-corrected chi connectivity index (χ1v) is 6.46. The molecule has 3 rings (SSSR count). The third kappa shape index (κ3) is 1.86. The lowest BCUT2D eigenvalue weighted by atomic mass is 10.0. The Labute approximate surface area is 109 Å². The average Bonchev–Trinajstić information content (AvgIpc) is 2.79. The summed E-state index contributed by atoms with van der Waals surface area (Å²) >= 11 is 11.8. The second-order valence-electron chi connectivity index (χ2n) is 4.79. The summed E-state index contributed by atoms with van der Waals surface area (Å²) in [5, 5.41) is 7.61. The van der Waals surface area contributed by atoms with Crippen LogP contribution in [0.2, 0.25) is 10.0 Å². The summed E-state index contributed by atoms with van der Waals surface area (Å²) in [6, 6.07) is 5.06. The van der Waals surface area contributed by atoms with Gasteiger partial charge in [-0.3, -0.25) is 0 Å². The molecule has 2 fully saturated rings. The van der Waals surface area contributed by atoms with Gasteiger partial charge in [-0.1, -0.05) is 34.4 Å². The van der Waals surface area contributed by atoms with Gasteiger partial charge in [-0.25, -0.2) is 0 Å². The summed E-state index contributed by atoms with van der Waals surface area (Å²) in [6.45, 7) is 2.01. The maximum atomic E-state index is 11.1. The molecule has 1 aromatic carbocycles. The number of fused-ring (bicyclic) bond motifs is 1. The van der Waals surface area contributed by atoms with Crippen molar-refractivity contribution >= 4 is 23.2 Å². The van der Waals surface area contributed by atoms with E-state index in [0.29, 0.717) is 27.8 Å². The molecule has 0 spiro atoms. The van der Waals surface area contributed by atoms with Crippen molar-refractivity contribution in [2.24, 2.45) is 22.9 Å². The number of nitrogens with one attached hydrogen (secondary N) is 1. The number of benzene rings is 1. The van der Waals surface area contributed by atoms with Crippen LogP contribution in [0, 0.1) is 22.7 Å². The van der Waals surface area contributed by atoms with Gasteiger partial charge in [0.15, 0.2) is 0 Å². The second-order valence-corrected chi connectivity index (χ2v) is 5.60. The van der Waals surface area contributed by atoms with E-state index in [4.69, 9.17) is 23.2 Å². The summed E-state index contributed by atoms with van der Waals surface area (Å²) < 4.78 is 0. The van der Waals surface area contributed by atoms with Gasteiger partial charge in [0.1, 0.15) is 6.04 Å². The summed E-state index contributed by atoms with van der Waals surface area (Å²) in [4.78, 5) is 11.1. The van der Waals surface area contributed by atoms with Crippen molar-refractivity contribution in [3.05, 3.63) is 38.7 Å². The number of nitroso groups, excluding NO2 is 1. The fourth-order valence-corrected chi connectivity index (χ4v) is 3.29. The fraction of sp³-hybridized carbons (Fsp3) is 0.500. The lowest BCUT2D eigenvalue weighted by molar-refractivity contribution is 0.508. The first-order chi connectivity index (χ1) is 8.22. The van der Waals surface area contributed by atoms with E-state index in [0.717, 1.165) is 18.7 Å². The fourth-order valence-electron chi connectivity index (χ4n) is 2.98. The van der Waals surface area contributed by atoms with E-state index in [1.54, 1.807) is 12.1 Å². The smallest absolute Gasteiger partial charge is 0.120 e. The van der Waals surface area contributed by atoms with Gasteiger partial charge >= 0.3 is 0 Å². The number of piperidine rings is 1. The highest BCUT2D eigenvalue weighted by atomic mass is 35.5. The van der Waals surface area contributed by atoms with Gasteiger partial charge in [-0.05, 0) is 48.5 Å². The van der Waals surface area contributed by atoms with Crippen molar-refractivity contribution in [2.75, 3.05) is 13.1 Å². The predicted octanol–water partition coefficient (Wildman–Crippen LogP) is 3.27.